The number of nitriles is 1. The van der Waals surface area contributed by atoms with E-state index in [1.165, 1.54) is 0 Å². The summed E-state index contributed by atoms with van der Waals surface area (Å²) in [6.45, 7) is 2.09. The molecule has 0 spiro atoms. The van der Waals surface area contributed by atoms with Crippen molar-refractivity contribution >= 4 is 12.6 Å². The fourth-order valence-corrected chi connectivity index (χ4v) is 2.34. The normalized spacial score (nSPS) is 10.3. The summed E-state index contributed by atoms with van der Waals surface area (Å²) in [5.41, 5.74) is 3.48. The van der Waals surface area contributed by atoms with Gasteiger partial charge >= 0.3 is 0 Å². The van der Waals surface area contributed by atoms with Crippen molar-refractivity contribution in [3.8, 4) is 17.3 Å². The molecule has 102 valence electrons. The number of rotatable bonds is 4. The molecule has 0 fully saturated rings. The predicted molar refractivity (Wildman–Crippen MR) is 79.6 cm³/mol. The minimum Gasteiger partial charge on any atom is -0.396 e. The predicted octanol–water partition coefficient (Wildman–Crippen LogP) is 2.54. The van der Waals surface area contributed by atoms with E-state index < -0.39 is 0 Å². The number of aliphatic hydroxyl groups is 1. The Morgan fingerprint density at radius 2 is 2.05 bits per heavy atom. The van der Waals surface area contributed by atoms with Crippen molar-refractivity contribution in [3.63, 3.8) is 0 Å². The lowest BCUT2D eigenvalue weighted by atomic mass is 10.1. The molecule has 2 rings (SSSR count). The van der Waals surface area contributed by atoms with E-state index in [0.29, 0.717) is 18.5 Å². The molecule has 1 aromatic carbocycles. The summed E-state index contributed by atoms with van der Waals surface area (Å²) in [6.07, 6.45) is 1.24. The lowest BCUT2D eigenvalue weighted by Gasteiger charge is -2.07. The van der Waals surface area contributed by atoms with Crippen LogP contribution >= 0.6 is 12.6 Å². The van der Waals surface area contributed by atoms with Gasteiger partial charge in [-0.25, -0.2) is 9.97 Å². The van der Waals surface area contributed by atoms with Gasteiger partial charge in [0, 0.05) is 22.8 Å². The van der Waals surface area contributed by atoms with E-state index in [4.69, 9.17) is 10.4 Å². The molecule has 1 heterocycles. The van der Waals surface area contributed by atoms with Crippen LogP contribution in [0.2, 0.25) is 0 Å². The molecule has 4 nitrogen and oxygen atoms in total. The minimum absolute atomic E-state index is 0.104. The smallest absolute Gasteiger partial charge is 0.232 e. The maximum absolute atomic E-state index is 9.03. The number of nitrogens with zero attached hydrogens (tertiary/aromatic N) is 3. The van der Waals surface area contributed by atoms with Crippen molar-refractivity contribution in [2.75, 3.05) is 6.61 Å². The van der Waals surface area contributed by atoms with Gasteiger partial charge in [-0.05, 0) is 49.6 Å². The van der Waals surface area contributed by atoms with Crippen LogP contribution in [0.5, 0.6) is 0 Å². The molecule has 0 atom stereocenters. The first-order valence-electron chi connectivity index (χ1n) is 6.32. The van der Waals surface area contributed by atoms with Crippen LogP contribution in [-0.2, 0) is 6.42 Å². The molecule has 0 aliphatic carbocycles. The van der Waals surface area contributed by atoms with Crippen molar-refractivity contribution < 1.29 is 5.11 Å². The zero-order valence-electron chi connectivity index (χ0n) is 11.2. The molecule has 0 saturated carbocycles. The Morgan fingerprint density at radius 1 is 1.25 bits per heavy atom. The summed E-state index contributed by atoms with van der Waals surface area (Å²) >= 11 is 4.36. The fraction of sp³-hybridized carbons (Fsp3) is 0.267. The summed E-state index contributed by atoms with van der Waals surface area (Å²) in [5.74, 6) is 0.151. The molecule has 0 bridgehead atoms. The highest BCUT2D eigenvalue weighted by Gasteiger charge is 2.07. The lowest BCUT2D eigenvalue weighted by molar-refractivity contribution is 0.288. The number of hydrogen-bond acceptors (Lipinski definition) is 5. The first-order chi connectivity index (χ1) is 9.62. The lowest BCUT2D eigenvalue weighted by Crippen LogP contribution is -2.00. The number of aryl methyl sites for hydroxylation is 2. The van der Waals surface area contributed by atoms with Crippen LogP contribution in [0.3, 0.4) is 0 Å². The van der Waals surface area contributed by atoms with Gasteiger partial charge in [0.1, 0.15) is 6.07 Å². The molecule has 0 saturated heterocycles. The highest BCUT2D eigenvalue weighted by atomic mass is 32.1. The van der Waals surface area contributed by atoms with Gasteiger partial charge in [-0.1, -0.05) is 0 Å². The second-order valence-electron chi connectivity index (χ2n) is 4.56. The third kappa shape index (κ3) is 3.56. The van der Waals surface area contributed by atoms with Crippen molar-refractivity contribution in [3.05, 3.63) is 41.3 Å². The Hall–Kier alpha value is -1.90. The van der Waals surface area contributed by atoms with E-state index in [1.54, 1.807) is 0 Å². The first-order valence-corrected chi connectivity index (χ1v) is 6.77. The van der Waals surface area contributed by atoms with Gasteiger partial charge in [0.2, 0.25) is 5.82 Å². The van der Waals surface area contributed by atoms with Crippen LogP contribution in [0.1, 0.15) is 23.5 Å². The highest BCUT2D eigenvalue weighted by molar-refractivity contribution is 7.80. The van der Waals surface area contributed by atoms with Gasteiger partial charge in [-0.2, -0.15) is 5.26 Å². The van der Waals surface area contributed by atoms with Crippen molar-refractivity contribution in [1.29, 1.82) is 5.26 Å². The maximum Gasteiger partial charge on any atom is 0.232 e. The van der Waals surface area contributed by atoms with Crippen molar-refractivity contribution in [2.24, 2.45) is 0 Å². The molecule has 0 radical (unpaired) electrons. The third-order valence-corrected chi connectivity index (χ3v) is 3.09. The van der Waals surface area contributed by atoms with E-state index >= 15 is 0 Å². The summed E-state index contributed by atoms with van der Waals surface area (Å²) in [5, 5.41) is 17.9. The average Bonchev–Trinajstić information content (AvgIpc) is 2.43. The molecule has 1 aromatic heterocycles. The Kier molecular flexibility index (Phi) is 4.72. The number of thiol groups is 1. The SMILES string of the molecule is Cc1cc(S)cc(-c2cc(CCCO)nc(C#N)n2)c1. The van der Waals surface area contributed by atoms with Crippen LogP contribution in [0.25, 0.3) is 11.3 Å². The monoisotopic (exact) mass is 285 g/mol. The molecule has 20 heavy (non-hydrogen) atoms. The molecule has 0 amide bonds. The standard InChI is InChI=1S/C15H15N3OS/c1-10-5-11(7-13(20)6-10)14-8-12(3-2-4-19)17-15(9-16)18-14/h5-8,19-20H,2-4H2,1H3. The summed E-state index contributed by atoms with van der Waals surface area (Å²) < 4.78 is 0. The number of aliphatic hydroxyl groups excluding tert-OH is 1. The van der Waals surface area contributed by atoms with Gasteiger partial charge < -0.3 is 5.11 Å². The molecular weight excluding hydrogens is 270 g/mol. The van der Waals surface area contributed by atoms with Crippen molar-refractivity contribution in [1.82, 2.24) is 9.97 Å². The second-order valence-corrected chi connectivity index (χ2v) is 5.08. The van der Waals surface area contributed by atoms with Crippen LogP contribution in [0.4, 0.5) is 0 Å². The van der Waals surface area contributed by atoms with E-state index in [0.717, 1.165) is 21.7 Å². The zero-order chi connectivity index (χ0) is 14.5. The summed E-state index contributed by atoms with van der Waals surface area (Å²) in [4.78, 5) is 9.26. The fourth-order valence-electron chi connectivity index (χ4n) is 1.99. The van der Waals surface area contributed by atoms with Gasteiger partial charge in [0.15, 0.2) is 0 Å². The molecule has 0 aliphatic rings. The van der Waals surface area contributed by atoms with E-state index in [9.17, 15) is 0 Å². The number of aromatic nitrogens is 2. The Labute approximate surface area is 123 Å². The van der Waals surface area contributed by atoms with E-state index in [2.05, 4.69) is 22.6 Å². The first kappa shape index (κ1) is 14.5. The van der Waals surface area contributed by atoms with Gasteiger partial charge in [0.25, 0.3) is 0 Å². The Balaban J connectivity index is 2.47. The van der Waals surface area contributed by atoms with E-state index in [-0.39, 0.29) is 12.4 Å². The Morgan fingerprint density at radius 3 is 2.70 bits per heavy atom. The molecule has 1 N–H and O–H groups in total. The van der Waals surface area contributed by atoms with E-state index in [1.807, 2.05) is 37.3 Å². The number of hydrogen-bond donors (Lipinski definition) is 2. The Bertz CT molecular complexity index is 644. The summed E-state index contributed by atoms with van der Waals surface area (Å²) in [7, 11) is 0. The molecular formula is C15H15N3OS. The van der Waals surface area contributed by atoms with Gasteiger partial charge in [0.05, 0.1) is 5.69 Å². The second kappa shape index (κ2) is 6.51. The van der Waals surface area contributed by atoms with Crippen LogP contribution in [0, 0.1) is 18.3 Å². The zero-order valence-corrected chi connectivity index (χ0v) is 12.1. The molecule has 2 aromatic rings. The quantitative estimate of drug-likeness (QED) is 0.847. The van der Waals surface area contributed by atoms with Gasteiger partial charge in [-0.3, -0.25) is 0 Å². The third-order valence-electron chi connectivity index (χ3n) is 2.83. The maximum atomic E-state index is 9.03. The highest BCUT2D eigenvalue weighted by Crippen LogP contribution is 2.23. The molecule has 5 heteroatoms. The van der Waals surface area contributed by atoms with Crippen LogP contribution in [0.15, 0.2) is 29.2 Å². The van der Waals surface area contributed by atoms with Crippen LogP contribution in [-0.4, -0.2) is 21.7 Å². The topological polar surface area (TPSA) is 69.8 Å². The average molecular weight is 285 g/mol. The molecule has 0 aliphatic heterocycles. The van der Waals surface area contributed by atoms with Crippen molar-refractivity contribution in [2.45, 2.75) is 24.7 Å². The molecule has 0 unspecified atom stereocenters. The number of benzene rings is 1. The summed E-state index contributed by atoms with van der Waals surface area (Å²) in [6, 6.07) is 9.71. The minimum atomic E-state index is 0.104. The van der Waals surface area contributed by atoms with Crippen LogP contribution < -0.4 is 0 Å². The van der Waals surface area contributed by atoms with Gasteiger partial charge in [-0.15, -0.1) is 12.6 Å². The largest absolute Gasteiger partial charge is 0.396 e.